The van der Waals surface area contributed by atoms with Crippen LogP contribution in [-0.2, 0) is 4.74 Å². The summed E-state index contributed by atoms with van der Waals surface area (Å²) in [4.78, 5) is 0. The van der Waals surface area contributed by atoms with Crippen molar-refractivity contribution in [2.45, 2.75) is 19.0 Å². The van der Waals surface area contributed by atoms with Crippen molar-refractivity contribution in [2.75, 3.05) is 26.3 Å². The van der Waals surface area contributed by atoms with Crippen molar-refractivity contribution in [1.82, 2.24) is 5.32 Å². The van der Waals surface area contributed by atoms with E-state index in [0.29, 0.717) is 13.2 Å². The molecule has 0 amide bonds. The van der Waals surface area contributed by atoms with Crippen LogP contribution in [0.1, 0.15) is 6.42 Å². The second-order valence-corrected chi connectivity index (χ2v) is 5.90. The van der Waals surface area contributed by atoms with Gasteiger partial charge in [0.2, 0.25) is 0 Å². The molecule has 1 N–H and O–H groups in total. The van der Waals surface area contributed by atoms with E-state index in [9.17, 15) is 0 Å². The van der Waals surface area contributed by atoms with Crippen LogP contribution in [-0.4, -0.2) is 38.9 Å². The van der Waals surface area contributed by atoms with Gasteiger partial charge in [0.15, 0.2) is 23.0 Å². The van der Waals surface area contributed by atoms with Gasteiger partial charge in [-0.25, -0.2) is 0 Å². The largest absolute Gasteiger partial charge is 0.486 e. The molecule has 0 saturated carbocycles. The Kier molecular flexibility index (Phi) is 4.90. The van der Waals surface area contributed by atoms with E-state index in [1.165, 1.54) is 0 Å². The zero-order chi connectivity index (χ0) is 16.9. The summed E-state index contributed by atoms with van der Waals surface area (Å²) in [5, 5.41) is 3.36. The second-order valence-electron chi connectivity index (χ2n) is 5.90. The maximum atomic E-state index is 5.90. The van der Waals surface area contributed by atoms with Crippen LogP contribution >= 0.6 is 0 Å². The first-order valence-corrected chi connectivity index (χ1v) is 8.51. The van der Waals surface area contributed by atoms with Gasteiger partial charge in [-0.15, -0.1) is 0 Å². The van der Waals surface area contributed by atoms with Crippen molar-refractivity contribution in [3.63, 3.8) is 0 Å². The van der Waals surface area contributed by atoms with Crippen molar-refractivity contribution < 1.29 is 23.7 Å². The highest BCUT2D eigenvalue weighted by atomic mass is 16.9. The molecule has 0 fully saturated rings. The molecule has 6 nitrogen and oxygen atoms in total. The Bertz CT molecular complexity index is 683. The summed E-state index contributed by atoms with van der Waals surface area (Å²) in [5.74, 6) is 3.06. The lowest BCUT2D eigenvalue weighted by Crippen LogP contribution is -2.39. The van der Waals surface area contributed by atoms with Crippen molar-refractivity contribution >= 4 is 0 Å². The topological polar surface area (TPSA) is 58.2 Å². The second kappa shape index (κ2) is 7.63. The molecule has 2 heterocycles. The average molecular weight is 343 g/mol. The number of hydrogen-bond donors (Lipinski definition) is 1. The summed E-state index contributed by atoms with van der Waals surface area (Å²) in [6.07, 6.45) is 0.871. The molecule has 0 saturated heterocycles. The lowest BCUT2D eigenvalue weighted by atomic mass is 10.2. The van der Waals surface area contributed by atoms with Crippen LogP contribution in [0.3, 0.4) is 0 Å². The summed E-state index contributed by atoms with van der Waals surface area (Å²) in [6.45, 7) is 2.01. The van der Waals surface area contributed by atoms with Gasteiger partial charge in [0.25, 0.3) is 0 Å². The molecule has 1 atom stereocenters. The maximum absolute atomic E-state index is 5.90. The van der Waals surface area contributed by atoms with Crippen LogP contribution in [0.4, 0.5) is 0 Å². The van der Waals surface area contributed by atoms with Gasteiger partial charge in [0, 0.05) is 6.54 Å². The van der Waals surface area contributed by atoms with E-state index in [1.807, 2.05) is 48.5 Å². The third kappa shape index (κ3) is 3.97. The Morgan fingerprint density at radius 1 is 0.880 bits per heavy atom. The summed E-state index contributed by atoms with van der Waals surface area (Å²) < 4.78 is 28.3. The van der Waals surface area contributed by atoms with Crippen molar-refractivity contribution in [2.24, 2.45) is 0 Å². The molecule has 0 radical (unpaired) electrons. The van der Waals surface area contributed by atoms with E-state index in [4.69, 9.17) is 23.7 Å². The molecule has 0 aromatic heterocycles. The van der Waals surface area contributed by atoms with Gasteiger partial charge < -0.3 is 29.0 Å². The zero-order valence-electron chi connectivity index (χ0n) is 13.9. The van der Waals surface area contributed by atoms with Gasteiger partial charge >= 0.3 is 6.48 Å². The normalized spacial score (nSPS) is 18.3. The number of ether oxygens (including phenoxy) is 5. The van der Waals surface area contributed by atoms with E-state index in [1.54, 1.807) is 0 Å². The van der Waals surface area contributed by atoms with E-state index < -0.39 is 6.48 Å². The van der Waals surface area contributed by atoms with Crippen molar-refractivity contribution in [1.29, 1.82) is 0 Å². The summed E-state index contributed by atoms with van der Waals surface area (Å²) in [6, 6.07) is 15.3. The summed E-state index contributed by atoms with van der Waals surface area (Å²) in [5.41, 5.74) is 0. The third-order valence-corrected chi connectivity index (χ3v) is 3.99. The van der Waals surface area contributed by atoms with E-state index >= 15 is 0 Å². The minimum Gasteiger partial charge on any atom is -0.486 e. The Hall–Kier alpha value is -2.44. The van der Waals surface area contributed by atoms with Crippen LogP contribution in [0.25, 0.3) is 0 Å². The smallest absolute Gasteiger partial charge is 0.361 e. The van der Waals surface area contributed by atoms with Crippen LogP contribution in [0.5, 0.6) is 23.0 Å². The number of rotatable bonds is 7. The molecule has 4 rings (SSSR count). The molecule has 2 aromatic carbocycles. The minimum atomic E-state index is -0.649. The van der Waals surface area contributed by atoms with E-state index in [-0.39, 0.29) is 6.10 Å². The molecule has 0 aliphatic carbocycles. The number of benzene rings is 2. The number of fused-ring (bicyclic) bond motifs is 2. The standard InChI is InChI=1S/C19H21NO5/c1-2-7-16-15(6-1)22-13-14(23-16)12-20-10-5-11-21-19-24-17-8-3-4-9-18(17)25-19/h1-4,6-9,14,19-20H,5,10-13H2/t14-/m0/s1. The molecule has 0 spiro atoms. The predicted molar refractivity (Wildman–Crippen MR) is 91.3 cm³/mol. The average Bonchev–Trinajstić information content (AvgIpc) is 3.07. The molecule has 25 heavy (non-hydrogen) atoms. The number of para-hydroxylation sites is 4. The lowest BCUT2D eigenvalue weighted by Gasteiger charge is -2.26. The highest BCUT2D eigenvalue weighted by Gasteiger charge is 2.24. The summed E-state index contributed by atoms with van der Waals surface area (Å²) in [7, 11) is 0. The monoisotopic (exact) mass is 343 g/mol. The first-order valence-electron chi connectivity index (χ1n) is 8.51. The fraction of sp³-hybridized carbons (Fsp3) is 0.368. The molecule has 0 bridgehead atoms. The van der Waals surface area contributed by atoms with Gasteiger partial charge in [-0.2, -0.15) is 0 Å². The van der Waals surface area contributed by atoms with Gasteiger partial charge in [-0.3, -0.25) is 0 Å². The van der Waals surface area contributed by atoms with Crippen LogP contribution in [0.15, 0.2) is 48.5 Å². The Morgan fingerprint density at radius 2 is 1.52 bits per heavy atom. The van der Waals surface area contributed by atoms with Crippen LogP contribution in [0.2, 0.25) is 0 Å². The fourth-order valence-corrected chi connectivity index (χ4v) is 2.75. The summed E-state index contributed by atoms with van der Waals surface area (Å²) >= 11 is 0. The maximum Gasteiger partial charge on any atom is 0.361 e. The Balaban J connectivity index is 1.09. The van der Waals surface area contributed by atoms with Crippen LogP contribution < -0.4 is 24.3 Å². The molecule has 2 aliphatic rings. The number of hydrogen-bond acceptors (Lipinski definition) is 6. The Morgan fingerprint density at radius 3 is 2.24 bits per heavy atom. The first-order chi connectivity index (χ1) is 12.4. The molecule has 2 aromatic rings. The number of nitrogens with one attached hydrogen (secondary N) is 1. The van der Waals surface area contributed by atoms with Crippen molar-refractivity contribution in [3.8, 4) is 23.0 Å². The van der Waals surface area contributed by atoms with Crippen molar-refractivity contribution in [3.05, 3.63) is 48.5 Å². The first kappa shape index (κ1) is 16.1. The Labute approximate surface area is 146 Å². The van der Waals surface area contributed by atoms with Gasteiger partial charge in [-0.05, 0) is 37.2 Å². The van der Waals surface area contributed by atoms with Gasteiger partial charge in [-0.1, -0.05) is 24.3 Å². The van der Waals surface area contributed by atoms with E-state index in [0.717, 1.165) is 42.5 Å². The predicted octanol–water partition coefficient (Wildman–Crippen LogP) is 2.58. The SMILES string of the molecule is c1ccc2c(c1)OC[C@H](CNCCCOC1Oc3ccccc3O1)O2. The lowest BCUT2D eigenvalue weighted by molar-refractivity contribution is -0.176. The van der Waals surface area contributed by atoms with Crippen LogP contribution in [0, 0.1) is 0 Å². The minimum absolute atomic E-state index is 0.0202. The zero-order valence-corrected chi connectivity index (χ0v) is 13.9. The fourth-order valence-electron chi connectivity index (χ4n) is 2.75. The van der Waals surface area contributed by atoms with Gasteiger partial charge in [0.05, 0.1) is 6.61 Å². The van der Waals surface area contributed by atoms with Gasteiger partial charge in [0.1, 0.15) is 12.7 Å². The van der Waals surface area contributed by atoms with E-state index in [2.05, 4.69) is 5.32 Å². The molecular weight excluding hydrogens is 322 g/mol. The highest BCUT2D eigenvalue weighted by molar-refractivity contribution is 5.41. The molecule has 0 unspecified atom stereocenters. The molecule has 132 valence electrons. The molecule has 2 aliphatic heterocycles. The molecule has 6 heteroatoms. The quantitative estimate of drug-likeness (QED) is 0.780. The third-order valence-electron chi connectivity index (χ3n) is 3.99. The highest BCUT2D eigenvalue weighted by Crippen LogP contribution is 2.34. The molecular formula is C19H21NO5.